The van der Waals surface area contributed by atoms with Gasteiger partial charge in [-0.25, -0.2) is 0 Å². The zero-order valence-corrected chi connectivity index (χ0v) is 12.6. The van der Waals surface area contributed by atoms with E-state index in [2.05, 4.69) is 39.0 Å². The second kappa shape index (κ2) is 5.15. The van der Waals surface area contributed by atoms with Gasteiger partial charge in [0.05, 0.1) is 0 Å². The van der Waals surface area contributed by atoms with Gasteiger partial charge in [0.25, 0.3) is 0 Å². The van der Waals surface area contributed by atoms with Crippen LogP contribution in [0.1, 0.15) is 74.1 Å². The largest absolute Gasteiger partial charge is 0.0626 e. The third-order valence-corrected chi connectivity index (χ3v) is 4.97. The maximum atomic E-state index is 2.48. The van der Waals surface area contributed by atoms with E-state index in [-0.39, 0.29) is 0 Å². The molecule has 2 aliphatic rings. The quantitative estimate of drug-likeness (QED) is 0.641. The zero-order valence-electron chi connectivity index (χ0n) is 12.6. The van der Waals surface area contributed by atoms with Gasteiger partial charge in [0, 0.05) is 0 Å². The van der Waals surface area contributed by atoms with Gasteiger partial charge < -0.3 is 0 Å². The molecule has 1 fully saturated rings. The molecule has 0 N–H and O–H groups in total. The summed E-state index contributed by atoms with van der Waals surface area (Å²) in [7, 11) is 0. The fourth-order valence-corrected chi connectivity index (χ4v) is 3.81. The Morgan fingerprint density at radius 2 is 1.79 bits per heavy atom. The van der Waals surface area contributed by atoms with Crippen LogP contribution in [0, 0.1) is 12.8 Å². The second-order valence-corrected chi connectivity index (χ2v) is 6.81. The lowest BCUT2D eigenvalue weighted by atomic mass is 9.80. The van der Waals surface area contributed by atoms with Gasteiger partial charge in [0.2, 0.25) is 0 Å². The van der Waals surface area contributed by atoms with Gasteiger partial charge in [0.1, 0.15) is 0 Å². The molecule has 1 aromatic carbocycles. The van der Waals surface area contributed by atoms with Crippen LogP contribution in [0.4, 0.5) is 0 Å². The third-order valence-electron chi connectivity index (χ3n) is 4.97. The average Bonchev–Trinajstić information content (AvgIpc) is 2.82. The van der Waals surface area contributed by atoms with Crippen molar-refractivity contribution >= 4 is 6.08 Å². The van der Waals surface area contributed by atoms with Crippen LogP contribution in [0.25, 0.3) is 6.08 Å². The van der Waals surface area contributed by atoms with E-state index in [1.807, 2.05) is 0 Å². The summed E-state index contributed by atoms with van der Waals surface area (Å²) in [4.78, 5) is 0. The summed E-state index contributed by atoms with van der Waals surface area (Å²) >= 11 is 0. The molecular formula is C19H26. The monoisotopic (exact) mass is 254 g/mol. The van der Waals surface area contributed by atoms with Crippen molar-refractivity contribution in [3.8, 4) is 0 Å². The highest BCUT2D eigenvalue weighted by Crippen LogP contribution is 2.40. The normalized spacial score (nSPS) is 19.7. The summed E-state index contributed by atoms with van der Waals surface area (Å²) in [5.74, 6) is 1.52. The van der Waals surface area contributed by atoms with Gasteiger partial charge in [-0.1, -0.05) is 62.5 Å². The van der Waals surface area contributed by atoms with Crippen LogP contribution in [-0.2, 0) is 6.42 Å². The highest BCUT2D eigenvalue weighted by atomic mass is 14.3. The van der Waals surface area contributed by atoms with Crippen molar-refractivity contribution in [2.75, 3.05) is 0 Å². The Balaban J connectivity index is 1.97. The summed E-state index contributed by atoms with van der Waals surface area (Å²) in [5.41, 5.74) is 7.92. The lowest BCUT2D eigenvalue weighted by Gasteiger charge is -2.25. The summed E-state index contributed by atoms with van der Waals surface area (Å²) in [6.07, 6.45) is 10.8. The second-order valence-electron chi connectivity index (χ2n) is 6.81. The first-order chi connectivity index (χ1) is 9.15. The highest BCUT2D eigenvalue weighted by Gasteiger charge is 2.24. The summed E-state index contributed by atoms with van der Waals surface area (Å²) in [5, 5.41) is 0. The first-order valence-corrected chi connectivity index (χ1v) is 7.99. The Bertz CT molecular complexity index is 499. The number of hydrogen-bond donors (Lipinski definition) is 0. The third kappa shape index (κ3) is 2.50. The van der Waals surface area contributed by atoms with Crippen LogP contribution < -0.4 is 0 Å². The Hall–Kier alpha value is -1.04. The SMILES string of the molecule is Cc1cc2c(c(C3CCCCC3)c1)CC(C(C)C)=C2. The minimum Gasteiger partial charge on any atom is -0.0626 e. The molecule has 0 aliphatic heterocycles. The van der Waals surface area contributed by atoms with Crippen LogP contribution in [0.15, 0.2) is 17.7 Å². The van der Waals surface area contributed by atoms with E-state index in [1.54, 1.807) is 16.7 Å². The molecule has 0 saturated heterocycles. The Morgan fingerprint density at radius 1 is 1.05 bits per heavy atom. The maximum Gasteiger partial charge on any atom is -0.00524 e. The van der Waals surface area contributed by atoms with Gasteiger partial charge in [-0.2, -0.15) is 0 Å². The first kappa shape index (κ1) is 13.0. The van der Waals surface area contributed by atoms with Crippen LogP contribution in [-0.4, -0.2) is 0 Å². The topological polar surface area (TPSA) is 0 Å². The van der Waals surface area contributed by atoms with Gasteiger partial charge in [0.15, 0.2) is 0 Å². The molecule has 0 radical (unpaired) electrons. The number of hydrogen-bond acceptors (Lipinski definition) is 0. The van der Waals surface area contributed by atoms with Crippen LogP contribution >= 0.6 is 0 Å². The van der Waals surface area contributed by atoms with Gasteiger partial charge in [-0.15, -0.1) is 0 Å². The predicted octanol–water partition coefficient (Wildman–Crippen LogP) is 5.64. The Morgan fingerprint density at radius 3 is 2.47 bits per heavy atom. The molecule has 1 saturated carbocycles. The molecule has 0 aromatic heterocycles. The van der Waals surface area contributed by atoms with Crippen molar-refractivity contribution in [1.29, 1.82) is 0 Å². The van der Waals surface area contributed by atoms with Crippen molar-refractivity contribution in [3.05, 3.63) is 40.0 Å². The molecule has 0 amide bonds. The molecule has 0 spiro atoms. The van der Waals surface area contributed by atoms with E-state index >= 15 is 0 Å². The highest BCUT2D eigenvalue weighted by molar-refractivity contribution is 5.67. The van der Waals surface area contributed by atoms with Crippen LogP contribution in [0.5, 0.6) is 0 Å². The molecule has 0 heterocycles. The molecule has 0 bridgehead atoms. The molecule has 102 valence electrons. The van der Waals surface area contributed by atoms with Crippen molar-refractivity contribution in [3.63, 3.8) is 0 Å². The standard InChI is InChI=1S/C19H26/c1-13(2)16-11-17-9-14(3)10-18(19(17)12-16)15-7-5-4-6-8-15/h9-11,13,15H,4-8,12H2,1-3H3. The minimum absolute atomic E-state index is 0.687. The Kier molecular flexibility index (Phi) is 3.52. The van der Waals surface area contributed by atoms with E-state index in [0.29, 0.717) is 5.92 Å². The van der Waals surface area contributed by atoms with Gasteiger partial charge in [-0.05, 0) is 54.7 Å². The number of fused-ring (bicyclic) bond motifs is 1. The summed E-state index contributed by atoms with van der Waals surface area (Å²) in [6, 6.07) is 4.86. The molecule has 0 atom stereocenters. The minimum atomic E-state index is 0.687. The van der Waals surface area contributed by atoms with E-state index in [9.17, 15) is 0 Å². The zero-order chi connectivity index (χ0) is 13.4. The van der Waals surface area contributed by atoms with Crippen molar-refractivity contribution in [2.45, 2.75) is 65.2 Å². The van der Waals surface area contributed by atoms with E-state index < -0.39 is 0 Å². The first-order valence-electron chi connectivity index (χ1n) is 7.99. The number of rotatable bonds is 2. The summed E-state index contributed by atoms with van der Waals surface area (Å²) < 4.78 is 0. The fourth-order valence-electron chi connectivity index (χ4n) is 3.81. The van der Waals surface area contributed by atoms with E-state index in [1.165, 1.54) is 49.7 Å². The van der Waals surface area contributed by atoms with Crippen molar-refractivity contribution in [2.24, 2.45) is 5.92 Å². The van der Waals surface area contributed by atoms with E-state index in [0.717, 1.165) is 5.92 Å². The van der Waals surface area contributed by atoms with Gasteiger partial charge >= 0.3 is 0 Å². The van der Waals surface area contributed by atoms with Crippen molar-refractivity contribution in [1.82, 2.24) is 0 Å². The molecule has 0 heteroatoms. The number of aryl methyl sites for hydroxylation is 1. The molecule has 0 unspecified atom stereocenters. The van der Waals surface area contributed by atoms with Gasteiger partial charge in [-0.3, -0.25) is 0 Å². The smallest absolute Gasteiger partial charge is 0.00524 e. The van der Waals surface area contributed by atoms with Crippen LogP contribution in [0.3, 0.4) is 0 Å². The predicted molar refractivity (Wildman–Crippen MR) is 83.5 cm³/mol. The molecule has 1 aromatic rings. The Labute approximate surface area is 117 Å². The lowest BCUT2D eigenvalue weighted by Crippen LogP contribution is -2.08. The van der Waals surface area contributed by atoms with Crippen molar-refractivity contribution < 1.29 is 0 Å². The number of allylic oxidation sites excluding steroid dienone is 1. The fraction of sp³-hybridized carbons (Fsp3) is 0.579. The van der Waals surface area contributed by atoms with E-state index in [4.69, 9.17) is 0 Å². The maximum absolute atomic E-state index is 2.48. The molecule has 19 heavy (non-hydrogen) atoms. The lowest BCUT2D eigenvalue weighted by molar-refractivity contribution is 0.441. The van der Waals surface area contributed by atoms with Crippen LogP contribution in [0.2, 0.25) is 0 Å². The molecule has 2 aliphatic carbocycles. The molecular weight excluding hydrogens is 228 g/mol. The molecule has 0 nitrogen and oxygen atoms in total. The molecule has 3 rings (SSSR count). The summed E-state index contributed by atoms with van der Waals surface area (Å²) in [6.45, 7) is 6.91. The number of benzene rings is 1. The average molecular weight is 254 g/mol.